The molecule has 1 atom stereocenters. The van der Waals surface area contributed by atoms with Crippen molar-refractivity contribution in [1.82, 2.24) is 4.72 Å². The van der Waals surface area contributed by atoms with Crippen molar-refractivity contribution in [2.24, 2.45) is 0 Å². The second-order valence-corrected chi connectivity index (χ2v) is 7.95. The number of hydrogen-bond acceptors (Lipinski definition) is 4. The molecule has 1 aliphatic heterocycles. The van der Waals surface area contributed by atoms with Gasteiger partial charge in [-0.25, -0.2) is 13.1 Å². The minimum Gasteiger partial charge on any atom is -0.379 e. The fourth-order valence-electron chi connectivity index (χ4n) is 2.49. The Kier molecular flexibility index (Phi) is 7.02. The topological polar surface area (TPSA) is 64.6 Å². The zero-order valence-electron chi connectivity index (χ0n) is 14.0. The van der Waals surface area contributed by atoms with Crippen molar-refractivity contribution in [1.29, 1.82) is 0 Å². The number of ether oxygens (including phenoxy) is 2. The predicted molar refractivity (Wildman–Crippen MR) is 90.1 cm³/mol. The Labute approximate surface area is 139 Å². The summed E-state index contributed by atoms with van der Waals surface area (Å²) in [5, 5.41) is 0. The maximum Gasteiger partial charge on any atom is 0.240 e. The molecule has 5 nitrogen and oxygen atoms in total. The van der Waals surface area contributed by atoms with E-state index in [4.69, 9.17) is 9.47 Å². The van der Waals surface area contributed by atoms with Gasteiger partial charge in [0.25, 0.3) is 0 Å². The van der Waals surface area contributed by atoms with Crippen molar-refractivity contribution < 1.29 is 17.9 Å². The van der Waals surface area contributed by atoms with Crippen molar-refractivity contribution in [3.63, 3.8) is 0 Å². The van der Waals surface area contributed by atoms with Crippen molar-refractivity contribution in [3.8, 4) is 0 Å². The van der Waals surface area contributed by atoms with Gasteiger partial charge in [-0.2, -0.15) is 0 Å². The lowest BCUT2D eigenvalue weighted by molar-refractivity contribution is 0.0169. The standard InChI is InChI=1S/C17H27NO4S/c1-14(2)15-6-8-17(9-7-15)23(19,20)18-10-4-11-21-13-16-5-3-12-22-16/h6-9,14,16,18H,3-5,10-13H2,1-2H3. The van der Waals surface area contributed by atoms with Gasteiger partial charge in [0.15, 0.2) is 0 Å². The third-order valence-electron chi connectivity index (χ3n) is 3.94. The summed E-state index contributed by atoms with van der Waals surface area (Å²) in [4.78, 5) is 0.308. The summed E-state index contributed by atoms with van der Waals surface area (Å²) in [6, 6.07) is 7.05. The molecule has 6 heteroatoms. The molecule has 1 fully saturated rings. The summed E-state index contributed by atoms with van der Waals surface area (Å²) in [6.07, 6.45) is 3.02. The molecule has 0 radical (unpaired) electrons. The van der Waals surface area contributed by atoms with Crippen molar-refractivity contribution in [3.05, 3.63) is 29.8 Å². The molecular weight excluding hydrogens is 314 g/mol. The van der Waals surface area contributed by atoms with Gasteiger partial charge < -0.3 is 9.47 Å². The average molecular weight is 341 g/mol. The molecule has 0 aromatic heterocycles. The van der Waals surface area contributed by atoms with Crippen LogP contribution in [-0.4, -0.2) is 40.9 Å². The van der Waals surface area contributed by atoms with Crippen molar-refractivity contribution in [2.45, 2.75) is 50.0 Å². The first-order valence-electron chi connectivity index (χ1n) is 8.28. The molecule has 130 valence electrons. The fraction of sp³-hybridized carbons (Fsp3) is 0.647. The molecule has 1 saturated heterocycles. The van der Waals surface area contributed by atoms with Crippen LogP contribution in [0, 0.1) is 0 Å². The number of rotatable bonds is 9. The molecule has 1 aliphatic rings. The van der Waals surface area contributed by atoms with Gasteiger partial charge in [0.2, 0.25) is 10.0 Å². The quantitative estimate of drug-likeness (QED) is 0.701. The third kappa shape index (κ3) is 5.88. The molecule has 23 heavy (non-hydrogen) atoms. The minimum atomic E-state index is -3.44. The molecule has 1 N–H and O–H groups in total. The van der Waals surface area contributed by atoms with Crippen LogP contribution in [-0.2, 0) is 19.5 Å². The van der Waals surface area contributed by atoms with E-state index in [-0.39, 0.29) is 6.10 Å². The van der Waals surface area contributed by atoms with Crippen molar-refractivity contribution >= 4 is 10.0 Å². The second kappa shape index (κ2) is 8.78. The Bertz CT molecular complexity index is 563. The van der Waals surface area contributed by atoms with E-state index in [1.807, 2.05) is 12.1 Å². The second-order valence-electron chi connectivity index (χ2n) is 6.19. The first kappa shape index (κ1) is 18.4. The van der Waals surface area contributed by atoms with E-state index in [1.165, 1.54) is 0 Å². The summed E-state index contributed by atoms with van der Waals surface area (Å²) in [6.45, 7) is 6.50. The summed E-state index contributed by atoms with van der Waals surface area (Å²) < 4.78 is 38.0. The predicted octanol–water partition coefficient (Wildman–Crippen LogP) is 2.67. The van der Waals surface area contributed by atoms with E-state index >= 15 is 0 Å². The monoisotopic (exact) mass is 341 g/mol. The molecule has 0 aliphatic carbocycles. The zero-order valence-corrected chi connectivity index (χ0v) is 14.8. The highest BCUT2D eigenvalue weighted by Crippen LogP contribution is 2.17. The summed E-state index contributed by atoms with van der Waals surface area (Å²) >= 11 is 0. The molecule has 1 aromatic rings. The van der Waals surface area contributed by atoms with Gasteiger partial charge in [-0.3, -0.25) is 0 Å². The SMILES string of the molecule is CC(C)c1ccc(S(=O)(=O)NCCCOCC2CCCO2)cc1. The van der Waals surface area contributed by atoms with E-state index in [0.717, 1.165) is 25.0 Å². The normalized spacial score (nSPS) is 18.7. The Balaban J connectivity index is 1.69. The van der Waals surface area contributed by atoms with Crippen LogP contribution < -0.4 is 4.72 Å². The molecule has 0 saturated carbocycles. The largest absolute Gasteiger partial charge is 0.379 e. The molecule has 1 heterocycles. The lowest BCUT2D eigenvalue weighted by atomic mass is 10.0. The van der Waals surface area contributed by atoms with Crippen LogP contribution in [0.1, 0.15) is 44.6 Å². The third-order valence-corrected chi connectivity index (χ3v) is 5.42. The zero-order chi connectivity index (χ0) is 16.7. The van der Waals surface area contributed by atoms with Gasteiger partial charge in [-0.1, -0.05) is 26.0 Å². The highest BCUT2D eigenvalue weighted by atomic mass is 32.2. The first-order chi connectivity index (χ1) is 11.0. The molecule has 1 aromatic carbocycles. The Morgan fingerprint density at radius 3 is 2.65 bits per heavy atom. The maximum absolute atomic E-state index is 12.2. The van der Waals surface area contributed by atoms with Gasteiger partial charge in [0.05, 0.1) is 17.6 Å². The summed E-state index contributed by atoms with van der Waals surface area (Å²) in [5.41, 5.74) is 1.13. The summed E-state index contributed by atoms with van der Waals surface area (Å²) in [7, 11) is -3.44. The fourth-order valence-corrected chi connectivity index (χ4v) is 3.56. The summed E-state index contributed by atoms with van der Waals surface area (Å²) in [5.74, 6) is 0.390. The molecule has 1 unspecified atom stereocenters. The highest BCUT2D eigenvalue weighted by molar-refractivity contribution is 7.89. The van der Waals surface area contributed by atoms with Gasteiger partial charge in [0.1, 0.15) is 0 Å². The van der Waals surface area contributed by atoms with Gasteiger partial charge in [-0.05, 0) is 42.9 Å². The van der Waals surface area contributed by atoms with Gasteiger partial charge in [-0.15, -0.1) is 0 Å². The minimum absolute atomic E-state index is 0.214. The number of hydrogen-bond donors (Lipinski definition) is 1. The van der Waals surface area contributed by atoms with E-state index in [2.05, 4.69) is 18.6 Å². The molecule has 2 rings (SSSR count). The number of benzene rings is 1. The Hall–Kier alpha value is -0.950. The number of sulfonamides is 1. The van der Waals surface area contributed by atoms with E-state index in [1.54, 1.807) is 12.1 Å². The molecule has 0 spiro atoms. The first-order valence-corrected chi connectivity index (χ1v) is 9.76. The van der Waals surface area contributed by atoms with Crippen molar-refractivity contribution in [2.75, 3.05) is 26.4 Å². The Morgan fingerprint density at radius 1 is 1.30 bits per heavy atom. The van der Waals surface area contributed by atoms with Crippen LogP contribution in [0.3, 0.4) is 0 Å². The lowest BCUT2D eigenvalue weighted by Gasteiger charge is -2.11. The Morgan fingerprint density at radius 2 is 2.04 bits per heavy atom. The van der Waals surface area contributed by atoms with Crippen LogP contribution in [0.5, 0.6) is 0 Å². The molecular formula is C17H27NO4S. The van der Waals surface area contributed by atoms with Crippen LogP contribution in [0.2, 0.25) is 0 Å². The van der Waals surface area contributed by atoms with Gasteiger partial charge in [0, 0.05) is 19.8 Å². The maximum atomic E-state index is 12.2. The van der Waals surface area contributed by atoms with Gasteiger partial charge >= 0.3 is 0 Å². The van der Waals surface area contributed by atoms with E-state index in [9.17, 15) is 8.42 Å². The van der Waals surface area contributed by atoms with Crippen LogP contribution in [0.25, 0.3) is 0 Å². The molecule has 0 bridgehead atoms. The van der Waals surface area contributed by atoms with E-state index < -0.39 is 10.0 Å². The smallest absolute Gasteiger partial charge is 0.240 e. The lowest BCUT2D eigenvalue weighted by Crippen LogP contribution is -2.26. The number of nitrogens with one attached hydrogen (secondary N) is 1. The van der Waals surface area contributed by atoms with E-state index in [0.29, 0.717) is 37.0 Å². The van der Waals surface area contributed by atoms with Crippen LogP contribution >= 0.6 is 0 Å². The van der Waals surface area contributed by atoms with Crippen LogP contribution in [0.4, 0.5) is 0 Å². The highest BCUT2D eigenvalue weighted by Gasteiger charge is 2.16. The molecule has 0 amide bonds. The average Bonchev–Trinajstić information content (AvgIpc) is 3.04. The van der Waals surface area contributed by atoms with Crippen LogP contribution in [0.15, 0.2) is 29.2 Å².